The second kappa shape index (κ2) is 5.53. The molecule has 1 N–H and O–H groups in total. The predicted octanol–water partition coefficient (Wildman–Crippen LogP) is 2.71. The van der Waals surface area contributed by atoms with Gasteiger partial charge in [0.1, 0.15) is 0 Å². The summed E-state index contributed by atoms with van der Waals surface area (Å²) in [5.74, 6) is 0.519. The van der Waals surface area contributed by atoms with Crippen LogP contribution in [0.3, 0.4) is 0 Å². The Morgan fingerprint density at radius 1 is 1.29 bits per heavy atom. The fourth-order valence-electron chi connectivity index (χ4n) is 1.40. The van der Waals surface area contributed by atoms with E-state index in [-0.39, 0.29) is 6.04 Å². The summed E-state index contributed by atoms with van der Waals surface area (Å²) in [6.07, 6.45) is -2.41. The molecule has 0 bridgehead atoms. The van der Waals surface area contributed by atoms with Crippen LogP contribution >= 0.6 is 0 Å². The molecule has 0 saturated heterocycles. The topological polar surface area (TPSA) is 29.9 Å². The van der Waals surface area contributed by atoms with Gasteiger partial charge in [-0.05, 0) is 19.4 Å². The van der Waals surface area contributed by atoms with Crippen LogP contribution in [0.25, 0.3) is 0 Å². The summed E-state index contributed by atoms with van der Waals surface area (Å²) in [5, 5.41) is 6.93. The lowest BCUT2D eigenvalue weighted by molar-refractivity contribution is -0.137. The molecule has 1 aromatic heterocycles. The van der Waals surface area contributed by atoms with Gasteiger partial charge >= 0.3 is 6.18 Å². The molecule has 1 aromatic rings. The van der Waals surface area contributed by atoms with Gasteiger partial charge in [0.2, 0.25) is 0 Å². The van der Waals surface area contributed by atoms with Gasteiger partial charge in [0.25, 0.3) is 0 Å². The lowest BCUT2D eigenvalue weighted by Gasteiger charge is -2.14. The molecule has 1 heterocycles. The molecule has 0 radical (unpaired) electrons. The largest absolute Gasteiger partial charge is 0.419 e. The Hall–Kier alpha value is -1.04. The number of nitrogens with zero attached hydrogens (tertiary/aromatic N) is 2. The molecule has 0 fully saturated rings. The molecule has 0 spiro atoms. The van der Waals surface area contributed by atoms with E-state index in [1.165, 1.54) is 4.68 Å². The molecule has 6 heteroatoms. The predicted molar refractivity (Wildman–Crippen MR) is 59.6 cm³/mol. The fourth-order valence-corrected chi connectivity index (χ4v) is 1.40. The van der Waals surface area contributed by atoms with Crippen LogP contribution in [-0.2, 0) is 6.18 Å². The van der Waals surface area contributed by atoms with Gasteiger partial charge < -0.3 is 5.32 Å². The molecule has 98 valence electrons. The minimum Gasteiger partial charge on any atom is -0.314 e. The molecule has 0 aliphatic carbocycles. The highest BCUT2D eigenvalue weighted by Gasteiger charge is 2.32. The van der Waals surface area contributed by atoms with E-state index >= 15 is 0 Å². The summed E-state index contributed by atoms with van der Waals surface area (Å²) in [6, 6.07) is -0.0927. The monoisotopic (exact) mass is 249 g/mol. The maximum absolute atomic E-state index is 12.4. The fraction of sp³-hybridized carbons (Fsp3) is 0.727. The highest BCUT2D eigenvalue weighted by atomic mass is 19.4. The number of hydrogen-bond donors (Lipinski definition) is 1. The Morgan fingerprint density at radius 3 is 2.41 bits per heavy atom. The number of aromatic nitrogens is 2. The number of alkyl halides is 3. The smallest absolute Gasteiger partial charge is 0.314 e. The van der Waals surface area contributed by atoms with E-state index in [2.05, 4.69) is 24.3 Å². The van der Waals surface area contributed by atoms with Crippen LogP contribution in [0.2, 0.25) is 0 Å². The van der Waals surface area contributed by atoms with Crippen LogP contribution in [0.1, 0.15) is 32.4 Å². The van der Waals surface area contributed by atoms with Crippen molar-refractivity contribution in [3.05, 3.63) is 18.0 Å². The first-order valence-electron chi connectivity index (χ1n) is 5.62. The van der Waals surface area contributed by atoms with Crippen LogP contribution < -0.4 is 5.32 Å². The van der Waals surface area contributed by atoms with Crippen molar-refractivity contribution in [2.75, 3.05) is 13.1 Å². The first kappa shape index (κ1) is 14.0. The van der Waals surface area contributed by atoms with E-state index in [1.807, 2.05) is 6.92 Å². The van der Waals surface area contributed by atoms with Crippen LogP contribution in [0.4, 0.5) is 13.2 Å². The molecular formula is C11H18F3N3. The summed E-state index contributed by atoms with van der Waals surface area (Å²) >= 11 is 0. The van der Waals surface area contributed by atoms with E-state index in [4.69, 9.17) is 0 Å². The van der Waals surface area contributed by atoms with Crippen molar-refractivity contribution in [1.82, 2.24) is 15.1 Å². The molecule has 0 aromatic carbocycles. The molecule has 0 aliphatic heterocycles. The second-order valence-corrected chi connectivity index (χ2v) is 4.61. The average Bonchev–Trinajstić information content (AvgIpc) is 2.64. The Morgan fingerprint density at radius 2 is 1.94 bits per heavy atom. The molecule has 1 atom stereocenters. The Balaban J connectivity index is 2.52. The normalized spacial score (nSPS) is 14.3. The van der Waals surface area contributed by atoms with Gasteiger partial charge in [-0.2, -0.15) is 18.3 Å². The van der Waals surface area contributed by atoms with Gasteiger partial charge in [0, 0.05) is 12.7 Å². The summed E-state index contributed by atoms with van der Waals surface area (Å²) in [4.78, 5) is 0. The third kappa shape index (κ3) is 4.38. The quantitative estimate of drug-likeness (QED) is 0.869. The molecule has 0 aliphatic rings. The third-order valence-corrected chi connectivity index (χ3v) is 2.37. The van der Waals surface area contributed by atoms with Crippen molar-refractivity contribution in [3.63, 3.8) is 0 Å². The van der Waals surface area contributed by atoms with Crippen LogP contribution in [0.15, 0.2) is 12.4 Å². The zero-order valence-electron chi connectivity index (χ0n) is 10.3. The lowest BCUT2D eigenvalue weighted by Crippen LogP contribution is -2.27. The van der Waals surface area contributed by atoms with E-state index < -0.39 is 11.7 Å². The first-order valence-corrected chi connectivity index (χ1v) is 5.62. The first-order chi connectivity index (χ1) is 7.80. The van der Waals surface area contributed by atoms with Crippen molar-refractivity contribution >= 4 is 0 Å². The minimum atomic E-state index is -4.32. The highest BCUT2D eigenvalue weighted by molar-refractivity contribution is 5.08. The van der Waals surface area contributed by atoms with Crippen molar-refractivity contribution < 1.29 is 13.2 Å². The summed E-state index contributed by atoms with van der Waals surface area (Å²) in [6.45, 7) is 7.44. The second-order valence-electron chi connectivity index (χ2n) is 4.61. The van der Waals surface area contributed by atoms with Crippen LogP contribution in [0, 0.1) is 5.92 Å². The van der Waals surface area contributed by atoms with Crippen molar-refractivity contribution in [2.45, 2.75) is 33.0 Å². The lowest BCUT2D eigenvalue weighted by atomic mass is 10.2. The summed E-state index contributed by atoms with van der Waals surface area (Å²) in [7, 11) is 0. The number of rotatable bonds is 5. The average molecular weight is 249 g/mol. The minimum absolute atomic E-state index is 0.0927. The number of hydrogen-bond acceptors (Lipinski definition) is 2. The Labute approximate surface area is 99.0 Å². The number of halogens is 3. The molecule has 1 unspecified atom stereocenters. The van der Waals surface area contributed by atoms with Crippen molar-refractivity contribution in [3.8, 4) is 0 Å². The van der Waals surface area contributed by atoms with Crippen molar-refractivity contribution in [1.29, 1.82) is 0 Å². The van der Waals surface area contributed by atoms with Gasteiger partial charge in [-0.25, -0.2) is 0 Å². The Bertz CT molecular complexity index is 344. The van der Waals surface area contributed by atoms with E-state index in [0.717, 1.165) is 18.9 Å². The van der Waals surface area contributed by atoms with Gasteiger partial charge in [-0.1, -0.05) is 13.8 Å². The molecule has 1 rings (SSSR count). The van der Waals surface area contributed by atoms with Crippen LogP contribution in [0.5, 0.6) is 0 Å². The number of nitrogens with one attached hydrogen (secondary N) is 1. The SMILES string of the molecule is CC(C)CNCC(C)n1cc(C(F)(F)F)cn1. The van der Waals surface area contributed by atoms with E-state index in [9.17, 15) is 13.2 Å². The molecule has 0 amide bonds. The van der Waals surface area contributed by atoms with Crippen LogP contribution in [-0.4, -0.2) is 22.9 Å². The molecule has 17 heavy (non-hydrogen) atoms. The molecular weight excluding hydrogens is 231 g/mol. The van der Waals surface area contributed by atoms with Gasteiger partial charge in [-0.3, -0.25) is 4.68 Å². The van der Waals surface area contributed by atoms with Gasteiger partial charge in [0.05, 0.1) is 17.8 Å². The van der Waals surface area contributed by atoms with Gasteiger partial charge in [0.15, 0.2) is 0 Å². The zero-order chi connectivity index (χ0) is 13.1. The molecule has 3 nitrogen and oxygen atoms in total. The zero-order valence-corrected chi connectivity index (χ0v) is 10.3. The van der Waals surface area contributed by atoms with Crippen molar-refractivity contribution in [2.24, 2.45) is 5.92 Å². The van der Waals surface area contributed by atoms with E-state index in [0.29, 0.717) is 12.5 Å². The Kier molecular flexibility index (Phi) is 4.56. The summed E-state index contributed by atoms with van der Waals surface area (Å²) < 4.78 is 38.4. The molecule has 0 saturated carbocycles. The standard InChI is InChI=1S/C11H18F3N3/c1-8(2)4-15-5-9(3)17-7-10(6-16-17)11(12,13)14/h6-9,15H,4-5H2,1-3H3. The maximum Gasteiger partial charge on any atom is 0.419 e. The van der Waals surface area contributed by atoms with E-state index in [1.54, 1.807) is 0 Å². The summed E-state index contributed by atoms with van der Waals surface area (Å²) in [5.41, 5.74) is -0.701. The highest BCUT2D eigenvalue weighted by Crippen LogP contribution is 2.28. The third-order valence-electron chi connectivity index (χ3n) is 2.37. The van der Waals surface area contributed by atoms with Gasteiger partial charge in [-0.15, -0.1) is 0 Å². The maximum atomic E-state index is 12.4.